The number of nitro groups is 1. The molecule has 1 aromatic heterocycles. The molecule has 0 unspecified atom stereocenters. The van der Waals surface area contributed by atoms with Crippen molar-refractivity contribution >= 4 is 17.5 Å². The summed E-state index contributed by atoms with van der Waals surface area (Å²) in [4.78, 5) is 34.7. The van der Waals surface area contributed by atoms with E-state index in [-0.39, 0.29) is 24.1 Å². The average Bonchev–Trinajstić information content (AvgIpc) is 2.72. The van der Waals surface area contributed by atoms with Crippen LogP contribution in [0.3, 0.4) is 0 Å². The fourth-order valence-electron chi connectivity index (χ4n) is 1.98. The molecule has 8 nitrogen and oxygen atoms in total. The third-order valence-electron chi connectivity index (χ3n) is 3.11. The van der Waals surface area contributed by atoms with Gasteiger partial charge in [-0.15, -0.1) is 0 Å². The van der Waals surface area contributed by atoms with Crippen LogP contribution in [-0.4, -0.2) is 44.4 Å². The zero-order valence-corrected chi connectivity index (χ0v) is 10.5. The standard InChI is InChI=1S/C11H14N4O4/c1-8-6-10(15(18)19)12-14(8)7-11(17)13-4-2-9(16)3-5-13/h6H,2-5,7H2,1H3. The quantitative estimate of drug-likeness (QED) is 0.578. The molecule has 0 atom stereocenters. The van der Waals surface area contributed by atoms with Crippen LogP contribution in [0.4, 0.5) is 5.82 Å². The molecule has 0 radical (unpaired) electrons. The Hall–Kier alpha value is -2.25. The highest BCUT2D eigenvalue weighted by atomic mass is 16.6. The summed E-state index contributed by atoms with van der Waals surface area (Å²) in [5.74, 6) is -0.275. The summed E-state index contributed by atoms with van der Waals surface area (Å²) in [6.07, 6.45) is 0.758. The lowest BCUT2D eigenvalue weighted by atomic mass is 10.1. The third-order valence-corrected chi connectivity index (χ3v) is 3.11. The minimum absolute atomic E-state index is 0.0339. The zero-order chi connectivity index (χ0) is 14.0. The number of hydrogen-bond donors (Lipinski definition) is 0. The van der Waals surface area contributed by atoms with E-state index in [4.69, 9.17) is 0 Å². The van der Waals surface area contributed by atoms with Gasteiger partial charge in [-0.05, 0) is 11.8 Å². The van der Waals surface area contributed by atoms with Crippen molar-refractivity contribution in [3.05, 3.63) is 21.9 Å². The van der Waals surface area contributed by atoms with Gasteiger partial charge < -0.3 is 15.0 Å². The summed E-state index contributed by atoms with van der Waals surface area (Å²) >= 11 is 0. The van der Waals surface area contributed by atoms with Crippen LogP contribution in [-0.2, 0) is 16.1 Å². The van der Waals surface area contributed by atoms with Crippen molar-refractivity contribution in [3.63, 3.8) is 0 Å². The number of aromatic nitrogens is 2. The highest BCUT2D eigenvalue weighted by Crippen LogP contribution is 2.12. The molecule has 1 aliphatic rings. The third kappa shape index (κ3) is 2.95. The molecular formula is C11H14N4O4. The molecule has 0 aliphatic carbocycles. The minimum Gasteiger partial charge on any atom is -0.358 e. The second-order valence-corrected chi connectivity index (χ2v) is 4.48. The van der Waals surface area contributed by atoms with Crippen molar-refractivity contribution in [2.45, 2.75) is 26.3 Å². The number of likely N-dealkylation sites (tertiary alicyclic amines) is 1. The van der Waals surface area contributed by atoms with Gasteiger partial charge in [-0.2, -0.15) is 4.68 Å². The van der Waals surface area contributed by atoms with Crippen LogP contribution >= 0.6 is 0 Å². The number of carbonyl (C=O) groups is 2. The lowest BCUT2D eigenvalue weighted by Crippen LogP contribution is -2.40. The highest BCUT2D eigenvalue weighted by Gasteiger charge is 2.23. The van der Waals surface area contributed by atoms with Gasteiger partial charge in [-0.3, -0.25) is 9.59 Å². The molecule has 0 bridgehead atoms. The van der Waals surface area contributed by atoms with E-state index in [0.717, 1.165) is 0 Å². The molecule has 0 N–H and O–H groups in total. The summed E-state index contributed by atoms with van der Waals surface area (Å²) in [6.45, 7) is 2.46. The zero-order valence-electron chi connectivity index (χ0n) is 10.5. The lowest BCUT2D eigenvalue weighted by molar-refractivity contribution is -0.389. The predicted molar refractivity (Wildman–Crippen MR) is 64.4 cm³/mol. The van der Waals surface area contributed by atoms with Crippen LogP contribution in [0.2, 0.25) is 0 Å². The summed E-state index contributed by atoms with van der Waals surface area (Å²) in [6, 6.07) is 1.33. The number of hydrogen-bond acceptors (Lipinski definition) is 5. The fourth-order valence-corrected chi connectivity index (χ4v) is 1.98. The minimum atomic E-state index is -0.590. The van der Waals surface area contributed by atoms with E-state index in [1.807, 2.05) is 0 Å². The SMILES string of the molecule is Cc1cc([N+](=O)[O-])nn1CC(=O)N1CCC(=O)CC1. The average molecular weight is 266 g/mol. The molecule has 8 heteroatoms. The van der Waals surface area contributed by atoms with Crippen LogP contribution < -0.4 is 0 Å². The van der Waals surface area contributed by atoms with Crippen molar-refractivity contribution in [1.29, 1.82) is 0 Å². The molecule has 1 aliphatic heterocycles. The summed E-state index contributed by atoms with van der Waals surface area (Å²) in [5, 5.41) is 14.3. The number of carbonyl (C=O) groups excluding carboxylic acids is 2. The van der Waals surface area contributed by atoms with Gasteiger partial charge in [0.2, 0.25) is 5.91 Å². The summed E-state index contributed by atoms with van der Waals surface area (Å²) < 4.78 is 1.32. The predicted octanol–water partition coefficient (Wildman–Crippen LogP) is 0.291. The molecule has 102 valence electrons. The van der Waals surface area contributed by atoms with Gasteiger partial charge in [0, 0.05) is 25.9 Å². The van der Waals surface area contributed by atoms with Gasteiger partial charge in [-0.1, -0.05) is 0 Å². The lowest BCUT2D eigenvalue weighted by Gasteiger charge is -2.25. The van der Waals surface area contributed by atoms with Crippen LogP contribution in [0.5, 0.6) is 0 Å². The Morgan fingerprint density at radius 2 is 2.11 bits per heavy atom. The molecule has 1 aromatic rings. The van der Waals surface area contributed by atoms with Crippen LogP contribution in [0.1, 0.15) is 18.5 Å². The molecular weight excluding hydrogens is 252 g/mol. The Labute approximate surface area is 109 Å². The Kier molecular flexibility index (Phi) is 3.59. The maximum atomic E-state index is 12.0. The second kappa shape index (κ2) is 5.17. The molecule has 2 rings (SSSR count). The Bertz CT molecular complexity index is 527. The van der Waals surface area contributed by atoms with Gasteiger partial charge >= 0.3 is 5.82 Å². The first kappa shape index (κ1) is 13.2. The van der Waals surface area contributed by atoms with Crippen LogP contribution in [0, 0.1) is 17.0 Å². The maximum Gasteiger partial charge on any atom is 0.390 e. The van der Waals surface area contributed by atoms with Crippen molar-refractivity contribution in [2.75, 3.05) is 13.1 Å². The van der Waals surface area contributed by atoms with E-state index in [9.17, 15) is 19.7 Å². The number of aryl methyl sites for hydroxylation is 1. The number of Topliss-reactive ketones (excluding diaryl/α,β-unsaturated/α-hetero) is 1. The van der Waals surface area contributed by atoms with E-state index >= 15 is 0 Å². The van der Waals surface area contributed by atoms with Gasteiger partial charge in [0.05, 0.1) is 16.9 Å². The number of rotatable bonds is 3. The van der Waals surface area contributed by atoms with Crippen LogP contribution in [0.25, 0.3) is 0 Å². The smallest absolute Gasteiger partial charge is 0.358 e. The maximum absolute atomic E-state index is 12.0. The number of piperidine rings is 1. The van der Waals surface area contributed by atoms with Crippen molar-refractivity contribution in [3.8, 4) is 0 Å². The molecule has 0 saturated carbocycles. The first-order chi connectivity index (χ1) is 8.97. The normalized spacial score (nSPS) is 15.6. The van der Waals surface area contributed by atoms with Crippen molar-refractivity contribution in [1.82, 2.24) is 14.7 Å². The first-order valence-corrected chi connectivity index (χ1v) is 5.95. The molecule has 2 heterocycles. The topological polar surface area (TPSA) is 98.3 Å². The fraction of sp³-hybridized carbons (Fsp3) is 0.545. The second-order valence-electron chi connectivity index (χ2n) is 4.48. The van der Waals surface area contributed by atoms with Gasteiger partial charge in [0.1, 0.15) is 12.3 Å². The molecule has 1 fully saturated rings. The summed E-state index contributed by atoms with van der Waals surface area (Å²) in [7, 11) is 0. The highest BCUT2D eigenvalue weighted by molar-refractivity contribution is 5.83. The van der Waals surface area contributed by atoms with Gasteiger partial charge in [0.25, 0.3) is 0 Å². The molecule has 1 saturated heterocycles. The molecule has 0 spiro atoms. The number of nitrogens with zero attached hydrogens (tertiary/aromatic N) is 4. The van der Waals surface area contributed by atoms with E-state index in [0.29, 0.717) is 31.6 Å². The van der Waals surface area contributed by atoms with E-state index in [1.165, 1.54) is 10.7 Å². The van der Waals surface area contributed by atoms with Crippen molar-refractivity contribution in [2.24, 2.45) is 0 Å². The molecule has 19 heavy (non-hydrogen) atoms. The van der Waals surface area contributed by atoms with Gasteiger partial charge in [0.15, 0.2) is 0 Å². The first-order valence-electron chi connectivity index (χ1n) is 5.95. The molecule has 1 amide bonds. The van der Waals surface area contributed by atoms with Gasteiger partial charge in [-0.25, -0.2) is 0 Å². The number of amides is 1. The Morgan fingerprint density at radius 3 is 2.63 bits per heavy atom. The molecule has 0 aromatic carbocycles. The monoisotopic (exact) mass is 266 g/mol. The van der Waals surface area contributed by atoms with Crippen molar-refractivity contribution < 1.29 is 14.5 Å². The largest absolute Gasteiger partial charge is 0.390 e. The van der Waals surface area contributed by atoms with E-state index < -0.39 is 4.92 Å². The van der Waals surface area contributed by atoms with E-state index in [1.54, 1.807) is 11.8 Å². The number of ketones is 1. The Balaban J connectivity index is 2.02. The Morgan fingerprint density at radius 1 is 1.47 bits per heavy atom. The summed E-state index contributed by atoms with van der Waals surface area (Å²) in [5.41, 5.74) is 0.563. The van der Waals surface area contributed by atoms with E-state index in [2.05, 4.69) is 5.10 Å². The van der Waals surface area contributed by atoms with Crippen LogP contribution in [0.15, 0.2) is 6.07 Å².